The minimum absolute atomic E-state index is 0.00525. The van der Waals surface area contributed by atoms with Crippen LogP contribution in [0.3, 0.4) is 0 Å². The first-order chi connectivity index (χ1) is 18.4. The highest BCUT2D eigenvalue weighted by molar-refractivity contribution is 8.00. The van der Waals surface area contributed by atoms with Crippen molar-refractivity contribution in [3.8, 4) is 0 Å². The number of nitrogens with zero attached hydrogens (tertiary/aromatic N) is 2. The Kier molecular flexibility index (Phi) is 9.64. The largest absolute Gasteiger partial charge is 0.467 e. The Hall–Kier alpha value is -3.53. The van der Waals surface area contributed by atoms with Gasteiger partial charge in [-0.3, -0.25) is 19.3 Å². The average molecular weight is 539 g/mol. The second-order valence-electron chi connectivity index (χ2n) is 9.41. The third kappa shape index (κ3) is 7.28. The number of amides is 3. The molecule has 2 heterocycles. The van der Waals surface area contributed by atoms with Crippen LogP contribution in [0.1, 0.15) is 62.2 Å². The Morgan fingerprint density at radius 2 is 1.87 bits per heavy atom. The lowest BCUT2D eigenvalue weighted by Crippen LogP contribution is -2.47. The summed E-state index contributed by atoms with van der Waals surface area (Å²) in [5.41, 5.74) is 1.71. The van der Waals surface area contributed by atoms with Gasteiger partial charge in [0.15, 0.2) is 11.9 Å². The summed E-state index contributed by atoms with van der Waals surface area (Å²) in [6.07, 6.45) is 7.52. The Morgan fingerprint density at radius 3 is 2.50 bits per heavy atom. The molecule has 1 saturated carbocycles. The van der Waals surface area contributed by atoms with Gasteiger partial charge in [-0.25, -0.2) is 0 Å². The van der Waals surface area contributed by atoms with Gasteiger partial charge in [-0.15, -0.1) is 11.8 Å². The third-order valence-corrected chi connectivity index (χ3v) is 7.43. The van der Waals surface area contributed by atoms with E-state index in [2.05, 4.69) is 22.7 Å². The summed E-state index contributed by atoms with van der Waals surface area (Å²) in [6.45, 7) is 3.79. The molecular weight excluding hydrogens is 504 g/mol. The predicted octanol–water partition coefficient (Wildman–Crippen LogP) is 5.03. The molecule has 3 aromatic rings. The molecule has 9 nitrogen and oxygen atoms in total. The molecule has 3 amide bonds. The average Bonchev–Trinajstić information content (AvgIpc) is 3.59. The fraction of sp³-hybridized carbons (Fsp3) is 0.429. The first kappa shape index (κ1) is 27.5. The summed E-state index contributed by atoms with van der Waals surface area (Å²) in [7, 11) is 0. The maximum absolute atomic E-state index is 13.7. The van der Waals surface area contributed by atoms with E-state index >= 15 is 0 Å². The Morgan fingerprint density at radius 1 is 1.11 bits per heavy atom. The van der Waals surface area contributed by atoms with Crippen LogP contribution in [0.15, 0.2) is 57.7 Å². The number of hydrogen-bond donors (Lipinski definition) is 2. The fourth-order valence-corrected chi connectivity index (χ4v) is 5.26. The van der Waals surface area contributed by atoms with E-state index in [9.17, 15) is 14.4 Å². The number of thioether (sulfide) groups is 1. The van der Waals surface area contributed by atoms with Crippen molar-refractivity contribution in [1.29, 1.82) is 0 Å². The minimum atomic E-state index is -0.973. The molecule has 1 aliphatic rings. The number of nitrogens with one attached hydrogen (secondary N) is 2. The predicted molar refractivity (Wildman–Crippen MR) is 147 cm³/mol. The van der Waals surface area contributed by atoms with Gasteiger partial charge in [0.25, 0.3) is 5.91 Å². The van der Waals surface area contributed by atoms with Crippen LogP contribution in [-0.2, 0) is 20.8 Å². The highest BCUT2D eigenvalue weighted by Crippen LogP contribution is 2.30. The molecule has 2 N–H and O–H groups in total. The van der Waals surface area contributed by atoms with Crippen LogP contribution < -0.4 is 15.5 Å². The number of carbonyl (C=O) groups excluding carboxylic acids is 3. The molecule has 38 heavy (non-hydrogen) atoms. The number of furan rings is 1. The zero-order valence-corrected chi connectivity index (χ0v) is 22.6. The molecule has 0 spiro atoms. The molecular formula is C28H34N4O5S. The molecule has 4 rings (SSSR count). The van der Waals surface area contributed by atoms with E-state index in [0.29, 0.717) is 23.0 Å². The summed E-state index contributed by atoms with van der Waals surface area (Å²) in [4.78, 5) is 41.2. The summed E-state index contributed by atoms with van der Waals surface area (Å²) in [5.74, 6) is 0.461. The van der Waals surface area contributed by atoms with Gasteiger partial charge in [0.1, 0.15) is 11.5 Å². The molecule has 0 aliphatic heterocycles. The molecule has 0 bridgehead atoms. The van der Waals surface area contributed by atoms with Gasteiger partial charge in [-0.1, -0.05) is 43.5 Å². The topological polar surface area (TPSA) is 118 Å². The minimum Gasteiger partial charge on any atom is -0.467 e. The van der Waals surface area contributed by atoms with Gasteiger partial charge < -0.3 is 19.6 Å². The van der Waals surface area contributed by atoms with Gasteiger partial charge in [-0.05, 0) is 56.0 Å². The molecule has 0 radical (unpaired) electrons. The lowest BCUT2D eigenvalue weighted by molar-refractivity contribution is -0.127. The summed E-state index contributed by atoms with van der Waals surface area (Å²) in [5, 5.41) is 9.56. The van der Waals surface area contributed by atoms with Crippen molar-refractivity contribution in [3.05, 3.63) is 65.8 Å². The lowest BCUT2D eigenvalue weighted by atomic mass is 9.95. The van der Waals surface area contributed by atoms with Crippen LogP contribution in [0.5, 0.6) is 0 Å². The van der Waals surface area contributed by atoms with Crippen LogP contribution in [-0.4, -0.2) is 40.4 Å². The molecule has 0 saturated heterocycles. The van der Waals surface area contributed by atoms with Crippen LogP contribution >= 0.6 is 11.8 Å². The molecule has 1 atom stereocenters. The Bertz CT molecular complexity index is 1200. The molecule has 2 aromatic heterocycles. The number of anilines is 2. The molecule has 10 heteroatoms. The molecule has 1 aliphatic carbocycles. The molecule has 1 aromatic carbocycles. The summed E-state index contributed by atoms with van der Waals surface area (Å²) in [6, 6.07) is 11.8. The van der Waals surface area contributed by atoms with Crippen molar-refractivity contribution in [1.82, 2.24) is 10.5 Å². The van der Waals surface area contributed by atoms with Crippen molar-refractivity contribution >= 4 is 41.0 Å². The number of rotatable bonds is 11. The third-order valence-electron chi connectivity index (χ3n) is 6.52. The van der Waals surface area contributed by atoms with Crippen molar-refractivity contribution in [2.24, 2.45) is 0 Å². The van der Waals surface area contributed by atoms with Gasteiger partial charge in [0.2, 0.25) is 11.8 Å². The molecule has 1 unspecified atom stereocenters. The standard InChI is InChI=1S/C28H34N4O5S/c1-3-20-11-13-22(14-12-20)32(26(34)18-38-17-25(33)30-24-16-19(2)37-31-24)27(23-10-7-15-36-23)28(35)29-21-8-5-4-6-9-21/h7,10-16,21,27H,3-6,8-9,17-18H2,1-2H3,(H,29,35)(H,30,31,33). The van der Waals surface area contributed by atoms with E-state index in [1.807, 2.05) is 24.3 Å². The highest BCUT2D eigenvalue weighted by Gasteiger charge is 2.36. The maximum atomic E-state index is 13.7. The lowest BCUT2D eigenvalue weighted by Gasteiger charge is -2.32. The van der Waals surface area contributed by atoms with Crippen LogP contribution in [0.2, 0.25) is 0 Å². The van der Waals surface area contributed by atoms with Crippen molar-refractivity contribution in [3.63, 3.8) is 0 Å². The number of aryl methyl sites for hydroxylation is 2. The fourth-order valence-electron chi connectivity index (χ4n) is 4.58. The number of hydrogen-bond acceptors (Lipinski definition) is 7. The van der Waals surface area contributed by atoms with E-state index < -0.39 is 6.04 Å². The smallest absolute Gasteiger partial charge is 0.251 e. The second-order valence-corrected chi connectivity index (χ2v) is 10.4. The summed E-state index contributed by atoms with van der Waals surface area (Å²) >= 11 is 1.16. The van der Waals surface area contributed by atoms with Gasteiger partial charge in [0, 0.05) is 17.8 Å². The van der Waals surface area contributed by atoms with E-state index in [4.69, 9.17) is 8.94 Å². The zero-order chi connectivity index (χ0) is 26.9. The Labute approximate surface area is 226 Å². The first-order valence-corrected chi connectivity index (χ1v) is 14.2. The molecule has 202 valence electrons. The van der Waals surface area contributed by atoms with E-state index in [0.717, 1.165) is 49.4 Å². The SMILES string of the molecule is CCc1ccc(N(C(=O)CSCC(=O)Nc2cc(C)on2)C(C(=O)NC2CCCCC2)c2ccco2)cc1. The number of benzene rings is 1. The normalized spacial score (nSPS) is 14.6. The van der Waals surface area contributed by atoms with E-state index in [-0.39, 0.29) is 35.3 Å². The number of aromatic nitrogens is 1. The van der Waals surface area contributed by atoms with Crippen molar-refractivity contribution < 1.29 is 23.3 Å². The van der Waals surface area contributed by atoms with Crippen LogP contribution in [0.4, 0.5) is 11.5 Å². The number of carbonyl (C=O) groups is 3. The van der Waals surface area contributed by atoms with E-state index in [1.54, 1.807) is 25.1 Å². The first-order valence-electron chi connectivity index (χ1n) is 13.0. The van der Waals surface area contributed by atoms with Crippen LogP contribution in [0.25, 0.3) is 0 Å². The Balaban J connectivity index is 1.52. The zero-order valence-electron chi connectivity index (χ0n) is 21.8. The highest BCUT2D eigenvalue weighted by atomic mass is 32.2. The monoisotopic (exact) mass is 538 g/mol. The molecule has 1 fully saturated rings. The van der Waals surface area contributed by atoms with Crippen molar-refractivity contribution in [2.75, 3.05) is 21.7 Å². The van der Waals surface area contributed by atoms with Gasteiger partial charge >= 0.3 is 0 Å². The van der Waals surface area contributed by atoms with Crippen molar-refractivity contribution in [2.45, 2.75) is 64.5 Å². The quantitative estimate of drug-likeness (QED) is 0.351. The van der Waals surface area contributed by atoms with Gasteiger partial charge in [-0.2, -0.15) is 0 Å². The summed E-state index contributed by atoms with van der Waals surface area (Å²) < 4.78 is 10.6. The van der Waals surface area contributed by atoms with Gasteiger partial charge in [0.05, 0.1) is 17.8 Å². The van der Waals surface area contributed by atoms with Crippen LogP contribution in [0, 0.1) is 6.92 Å². The van der Waals surface area contributed by atoms with E-state index in [1.165, 1.54) is 17.6 Å². The maximum Gasteiger partial charge on any atom is 0.251 e. The second kappa shape index (κ2) is 13.3.